The van der Waals surface area contributed by atoms with Gasteiger partial charge in [-0.3, -0.25) is 0 Å². The second kappa shape index (κ2) is 5.40. The Labute approximate surface area is 105 Å². The molecule has 0 aliphatic carbocycles. The first kappa shape index (κ1) is 12.2. The van der Waals surface area contributed by atoms with Crippen LogP contribution >= 0.6 is 0 Å². The fourth-order valence-electron chi connectivity index (χ4n) is 1.70. The largest absolute Gasteiger partial charge is 0.495 e. The molecule has 0 aliphatic heterocycles. The van der Waals surface area contributed by atoms with E-state index >= 15 is 0 Å². The maximum absolute atomic E-state index is 13.0. The zero-order valence-electron chi connectivity index (χ0n) is 10.1. The molecule has 0 heterocycles. The van der Waals surface area contributed by atoms with Crippen LogP contribution in [0, 0.1) is 5.82 Å². The van der Waals surface area contributed by atoms with E-state index < -0.39 is 0 Å². The minimum Gasteiger partial charge on any atom is -0.495 e. The Morgan fingerprint density at radius 2 is 2.06 bits per heavy atom. The summed E-state index contributed by atoms with van der Waals surface area (Å²) in [7, 11) is 1.59. The van der Waals surface area contributed by atoms with Gasteiger partial charge in [0, 0.05) is 18.3 Å². The summed E-state index contributed by atoms with van der Waals surface area (Å²) in [4.78, 5) is 0. The number of rotatable bonds is 4. The zero-order chi connectivity index (χ0) is 13.0. The van der Waals surface area contributed by atoms with Crippen molar-refractivity contribution in [3.8, 4) is 5.75 Å². The van der Waals surface area contributed by atoms with Crippen LogP contribution in [0.5, 0.6) is 5.75 Å². The number of nitrogens with one attached hydrogen (secondary N) is 1. The Balaban J connectivity index is 2.10. The number of hydrogen-bond acceptors (Lipinski definition) is 3. The van der Waals surface area contributed by atoms with E-state index in [4.69, 9.17) is 10.5 Å². The topological polar surface area (TPSA) is 47.3 Å². The Morgan fingerprint density at radius 3 is 2.78 bits per heavy atom. The maximum atomic E-state index is 13.0. The van der Waals surface area contributed by atoms with E-state index in [9.17, 15) is 4.39 Å². The van der Waals surface area contributed by atoms with Gasteiger partial charge in [0.1, 0.15) is 11.6 Å². The molecule has 0 radical (unpaired) electrons. The summed E-state index contributed by atoms with van der Waals surface area (Å²) in [6.07, 6.45) is 0. The van der Waals surface area contributed by atoms with Crippen LogP contribution < -0.4 is 15.8 Å². The molecule has 2 rings (SSSR count). The summed E-state index contributed by atoms with van der Waals surface area (Å²) in [6.45, 7) is 0.526. The average molecular weight is 246 g/mol. The number of hydrogen-bond donors (Lipinski definition) is 2. The first-order valence-corrected chi connectivity index (χ1v) is 5.61. The van der Waals surface area contributed by atoms with E-state index in [1.165, 1.54) is 12.1 Å². The van der Waals surface area contributed by atoms with Gasteiger partial charge in [-0.1, -0.05) is 12.1 Å². The van der Waals surface area contributed by atoms with Gasteiger partial charge in [0.15, 0.2) is 0 Å². The first-order valence-electron chi connectivity index (χ1n) is 5.61. The van der Waals surface area contributed by atoms with E-state index in [0.29, 0.717) is 18.0 Å². The monoisotopic (exact) mass is 246 g/mol. The van der Waals surface area contributed by atoms with Gasteiger partial charge in [-0.05, 0) is 29.8 Å². The highest BCUT2D eigenvalue weighted by molar-refractivity contribution is 5.62. The van der Waals surface area contributed by atoms with Crippen molar-refractivity contribution in [2.45, 2.75) is 6.54 Å². The average Bonchev–Trinajstić information content (AvgIpc) is 2.37. The molecule has 0 fully saturated rings. The molecule has 2 aromatic carbocycles. The van der Waals surface area contributed by atoms with Gasteiger partial charge in [0.2, 0.25) is 0 Å². The molecular weight excluding hydrogens is 231 g/mol. The van der Waals surface area contributed by atoms with Crippen molar-refractivity contribution in [2.75, 3.05) is 18.2 Å². The predicted molar refractivity (Wildman–Crippen MR) is 71.1 cm³/mol. The minimum absolute atomic E-state index is 0.237. The lowest BCUT2D eigenvalue weighted by Crippen LogP contribution is -2.02. The summed E-state index contributed by atoms with van der Waals surface area (Å²) in [5, 5.41) is 3.19. The molecule has 94 valence electrons. The third kappa shape index (κ3) is 2.91. The van der Waals surface area contributed by atoms with Crippen LogP contribution in [0.1, 0.15) is 5.56 Å². The fourth-order valence-corrected chi connectivity index (χ4v) is 1.70. The van der Waals surface area contributed by atoms with Crippen molar-refractivity contribution in [3.63, 3.8) is 0 Å². The van der Waals surface area contributed by atoms with Gasteiger partial charge in [-0.2, -0.15) is 0 Å². The van der Waals surface area contributed by atoms with Crippen LogP contribution in [0.15, 0.2) is 42.5 Å². The molecule has 0 aliphatic rings. The fraction of sp³-hybridized carbons (Fsp3) is 0.143. The van der Waals surface area contributed by atoms with Gasteiger partial charge in [-0.25, -0.2) is 4.39 Å². The number of ether oxygens (including phenoxy) is 1. The molecule has 0 atom stereocenters. The quantitative estimate of drug-likeness (QED) is 0.815. The molecule has 0 saturated heterocycles. The first-order chi connectivity index (χ1) is 8.69. The summed E-state index contributed by atoms with van der Waals surface area (Å²) >= 11 is 0. The molecule has 0 spiro atoms. The van der Waals surface area contributed by atoms with Crippen molar-refractivity contribution >= 4 is 11.4 Å². The highest BCUT2D eigenvalue weighted by Gasteiger charge is 2.03. The SMILES string of the molecule is COc1cc(N)ccc1NCc1cccc(F)c1. The van der Waals surface area contributed by atoms with Crippen molar-refractivity contribution in [1.82, 2.24) is 0 Å². The number of anilines is 2. The van der Waals surface area contributed by atoms with Gasteiger partial charge in [0.25, 0.3) is 0 Å². The van der Waals surface area contributed by atoms with Crippen LogP contribution in [0.3, 0.4) is 0 Å². The lowest BCUT2D eigenvalue weighted by molar-refractivity contribution is 0.416. The van der Waals surface area contributed by atoms with Crippen molar-refractivity contribution in [1.29, 1.82) is 0 Å². The number of benzene rings is 2. The van der Waals surface area contributed by atoms with Gasteiger partial charge in [0.05, 0.1) is 12.8 Å². The highest BCUT2D eigenvalue weighted by Crippen LogP contribution is 2.26. The molecule has 4 heteroatoms. The maximum Gasteiger partial charge on any atom is 0.144 e. The smallest absolute Gasteiger partial charge is 0.144 e. The summed E-state index contributed by atoms with van der Waals surface area (Å²) in [5.41, 5.74) is 8.01. The van der Waals surface area contributed by atoms with Crippen molar-refractivity contribution in [3.05, 3.63) is 53.8 Å². The molecule has 2 aromatic rings. The predicted octanol–water partition coefficient (Wildman–Crippen LogP) is 3.03. The van der Waals surface area contributed by atoms with Crippen LogP contribution in [-0.2, 0) is 6.54 Å². The van der Waals surface area contributed by atoms with Gasteiger partial charge in [-0.15, -0.1) is 0 Å². The lowest BCUT2D eigenvalue weighted by Gasteiger charge is -2.11. The molecule has 0 saturated carbocycles. The van der Waals surface area contributed by atoms with Crippen LogP contribution in [0.2, 0.25) is 0 Å². The Morgan fingerprint density at radius 1 is 1.22 bits per heavy atom. The molecule has 3 N–H and O–H groups in total. The van der Waals surface area contributed by atoms with E-state index in [0.717, 1.165) is 11.3 Å². The summed E-state index contributed by atoms with van der Waals surface area (Å²) < 4.78 is 18.2. The number of halogens is 1. The van der Waals surface area contributed by atoms with Crippen molar-refractivity contribution in [2.24, 2.45) is 0 Å². The number of nitrogen functional groups attached to an aromatic ring is 1. The highest BCUT2D eigenvalue weighted by atomic mass is 19.1. The Bertz CT molecular complexity index is 543. The third-order valence-corrected chi connectivity index (χ3v) is 2.60. The Hall–Kier alpha value is -2.23. The molecule has 0 bridgehead atoms. The molecular formula is C14H15FN2O. The van der Waals surface area contributed by atoms with Gasteiger partial charge >= 0.3 is 0 Å². The second-order valence-electron chi connectivity index (χ2n) is 3.94. The van der Waals surface area contributed by atoms with E-state index in [1.54, 1.807) is 25.3 Å². The Kier molecular flexibility index (Phi) is 3.67. The normalized spacial score (nSPS) is 10.1. The standard InChI is InChI=1S/C14H15FN2O/c1-18-14-8-12(16)5-6-13(14)17-9-10-3-2-4-11(15)7-10/h2-8,17H,9,16H2,1H3. The lowest BCUT2D eigenvalue weighted by atomic mass is 10.2. The molecule has 18 heavy (non-hydrogen) atoms. The van der Waals surface area contributed by atoms with Crippen molar-refractivity contribution < 1.29 is 9.13 Å². The summed E-state index contributed by atoms with van der Waals surface area (Å²) in [6, 6.07) is 11.8. The summed E-state index contributed by atoms with van der Waals surface area (Å²) in [5.74, 6) is 0.435. The van der Waals surface area contributed by atoms with E-state index in [2.05, 4.69) is 5.32 Å². The number of methoxy groups -OCH3 is 1. The molecule has 0 unspecified atom stereocenters. The van der Waals surface area contributed by atoms with Crippen LogP contribution in [0.4, 0.5) is 15.8 Å². The third-order valence-electron chi connectivity index (χ3n) is 2.60. The molecule has 3 nitrogen and oxygen atoms in total. The van der Waals surface area contributed by atoms with Crippen LogP contribution in [-0.4, -0.2) is 7.11 Å². The molecule has 0 aromatic heterocycles. The van der Waals surface area contributed by atoms with Gasteiger partial charge < -0.3 is 15.8 Å². The van der Waals surface area contributed by atoms with Crippen LogP contribution in [0.25, 0.3) is 0 Å². The van der Waals surface area contributed by atoms with E-state index in [1.807, 2.05) is 12.1 Å². The molecule has 0 amide bonds. The second-order valence-corrected chi connectivity index (χ2v) is 3.94. The number of nitrogens with two attached hydrogens (primary N) is 1. The zero-order valence-corrected chi connectivity index (χ0v) is 10.1. The van der Waals surface area contributed by atoms with E-state index in [-0.39, 0.29) is 5.82 Å². The minimum atomic E-state index is -0.237.